The Morgan fingerprint density at radius 2 is 2.35 bits per heavy atom. The lowest BCUT2D eigenvalue weighted by molar-refractivity contribution is -0.0396. The molecule has 0 saturated carbocycles. The van der Waals surface area contributed by atoms with Gasteiger partial charge in [-0.3, -0.25) is 14.3 Å². The fraction of sp³-hybridized carbons (Fsp3) is 0.556. The third-order valence-corrected chi connectivity index (χ3v) is 3.50. The minimum Gasteiger partial charge on any atom is -0.390 e. The molecule has 1 saturated heterocycles. The van der Waals surface area contributed by atoms with Crippen molar-refractivity contribution < 1.29 is 23.3 Å². The van der Waals surface area contributed by atoms with Gasteiger partial charge in [-0.2, -0.15) is 4.39 Å². The Bertz CT molecular complexity index is 634. The van der Waals surface area contributed by atoms with Crippen molar-refractivity contribution in [3.63, 3.8) is 0 Å². The summed E-state index contributed by atoms with van der Waals surface area (Å²) in [5.74, 6) is -1.14. The maximum Gasteiger partial charge on any atom is 0.582 e. The van der Waals surface area contributed by atoms with Crippen LogP contribution in [0.3, 0.4) is 0 Å². The van der Waals surface area contributed by atoms with Crippen molar-refractivity contribution in [2.45, 2.75) is 24.9 Å². The lowest BCUT2D eigenvalue weighted by Gasteiger charge is -2.13. The van der Waals surface area contributed by atoms with E-state index >= 15 is 0 Å². The lowest BCUT2D eigenvalue weighted by Crippen LogP contribution is -2.34. The first-order valence-electron chi connectivity index (χ1n) is 5.52. The van der Waals surface area contributed by atoms with Crippen LogP contribution in [0.25, 0.3) is 0 Å². The number of H-pyrrole nitrogens is 1. The Hall–Kier alpha value is -1.06. The number of ether oxygens (including phenoxy) is 1. The van der Waals surface area contributed by atoms with Crippen LogP contribution in [0.1, 0.15) is 12.6 Å². The molecule has 2 heterocycles. The van der Waals surface area contributed by atoms with Crippen molar-refractivity contribution in [1.82, 2.24) is 9.55 Å². The van der Waals surface area contributed by atoms with E-state index < -0.39 is 42.7 Å². The van der Waals surface area contributed by atoms with Crippen LogP contribution in [-0.4, -0.2) is 33.5 Å². The van der Waals surface area contributed by atoms with Gasteiger partial charge in [0.2, 0.25) is 5.82 Å². The van der Waals surface area contributed by atoms with Gasteiger partial charge in [0.05, 0.1) is 12.3 Å². The average molecular weight is 325 g/mol. The van der Waals surface area contributed by atoms with Crippen LogP contribution in [0.15, 0.2) is 15.8 Å². The molecule has 0 bridgehead atoms. The molecule has 1 aliphatic heterocycles. The summed E-state index contributed by atoms with van der Waals surface area (Å²) in [6.07, 6.45) is -2.04. The fourth-order valence-electron chi connectivity index (χ4n) is 1.85. The van der Waals surface area contributed by atoms with E-state index in [-0.39, 0.29) is 13.0 Å². The molecule has 0 spiro atoms. The summed E-state index contributed by atoms with van der Waals surface area (Å²) in [6.45, 7) is -0.184. The first kappa shape index (κ1) is 15.3. The highest BCUT2D eigenvalue weighted by Gasteiger charge is 2.37. The number of thiol groups is 1. The van der Waals surface area contributed by atoms with Crippen molar-refractivity contribution >= 4 is 19.5 Å². The first-order chi connectivity index (χ1) is 9.38. The van der Waals surface area contributed by atoms with Gasteiger partial charge in [-0.1, -0.05) is 0 Å². The highest BCUT2D eigenvalue weighted by atomic mass is 32.7. The van der Waals surface area contributed by atoms with E-state index in [4.69, 9.17) is 9.26 Å². The third-order valence-electron chi connectivity index (χ3n) is 2.79. The summed E-state index contributed by atoms with van der Waals surface area (Å²) >= 11 is 3.54. The van der Waals surface area contributed by atoms with Crippen molar-refractivity contribution in [2.75, 3.05) is 6.61 Å². The molecule has 1 aromatic rings. The quantitative estimate of drug-likeness (QED) is 0.528. The van der Waals surface area contributed by atoms with Crippen LogP contribution in [-0.2, 0) is 13.8 Å². The van der Waals surface area contributed by atoms with E-state index in [1.54, 1.807) is 4.98 Å². The first-order valence-corrected chi connectivity index (χ1v) is 7.85. The van der Waals surface area contributed by atoms with Gasteiger partial charge in [-0.25, -0.2) is 4.79 Å². The lowest BCUT2D eigenvalue weighted by atomic mass is 10.2. The van der Waals surface area contributed by atoms with E-state index in [1.807, 2.05) is 0 Å². The molecule has 1 fully saturated rings. The molecular weight excluding hydrogens is 314 g/mol. The predicted molar refractivity (Wildman–Crippen MR) is 68.4 cm³/mol. The molecule has 0 aromatic carbocycles. The zero-order valence-electron chi connectivity index (χ0n) is 9.93. The number of aromatic nitrogens is 2. The SMILES string of the molecule is O=c1[nH]c(=O)n([C@H]2C[C@H](O)[C@@H](CO[P+](=O)S)O2)cc1F. The van der Waals surface area contributed by atoms with E-state index in [9.17, 15) is 23.7 Å². The van der Waals surface area contributed by atoms with Crippen LogP contribution in [0, 0.1) is 5.82 Å². The van der Waals surface area contributed by atoms with Gasteiger partial charge < -0.3 is 9.84 Å². The molecule has 1 unspecified atom stereocenters. The van der Waals surface area contributed by atoms with Gasteiger partial charge >= 0.3 is 12.9 Å². The number of hydrogen-bond acceptors (Lipinski definition) is 6. The molecule has 2 N–H and O–H groups in total. The van der Waals surface area contributed by atoms with Crippen LogP contribution >= 0.6 is 19.5 Å². The van der Waals surface area contributed by atoms with E-state index in [0.29, 0.717) is 6.20 Å². The minimum absolute atomic E-state index is 0.00275. The van der Waals surface area contributed by atoms with Gasteiger partial charge in [0.1, 0.15) is 31.2 Å². The third kappa shape index (κ3) is 3.33. The standard InChI is InChI=1S/C9H10FN2O6PS/c10-4-2-12(9(15)11-8(4)14)7-1-5(13)6(18-7)3-17-19(16)20/h2,5-7,13H,1,3H2,(H-,11,14,15,16,20)/p+1/t5-,6+,7+/m0/s1. The Balaban J connectivity index is 2.16. The largest absolute Gasteiger partial charge is 0.582 e. The highest BCUT2D eigenvalue weighted by Crippen LogP contribution is 2.32. The fourth-order valence-corrected chi connectivity index (χ4v) is 2.32. The number of aliphatic hydroxyl groups excluding tert-OH is 1. The van der Waals surface area contributed by atoms with Crippen molar-refractivity contribution in [3.05, 3.63) is 32.9 Å². The Morgan fingerprint density at radius 1 is 1.65 bits per heavy atom. The molecular formula is C9H11FN2O6PS+. The van der Waals surface area contributed by atoms with Crippen LogP contribution in [0.5, 0.6) is 0 Å². The second-order valence-corrected chi connectivity index (χ2v) is 5.82. The van der Waals surface area contributed by atoms with Gasteiger partial charge in [0.15, 0.2) is 0 Å². The average Bonchev–Trinajstić information content (AvgIpc) is 2.72. The summed E-state index contributed by atoms with van der Waals surface area (Å²) in [6, 6.07) is 0. The minimum atomic E-state index is -2.14. The number of hydrogen-bond donors (Lipinski definition) is 3. The van der Waals surface area contributed by atoms with E-state index in [0.717, 1.165) is 4.57 Å². The molecule has 0 radical (unpaired) electrons. The summed E-state index contributed by atoms with van der Waals surface area (Å²) in [7, 11) is -2.14. The zero-order chi connectivity index (χ0) is 14.9. The number of nitrogens with one attached hydrogen (secondary N) is 1. The normalized spacial score (nSPS) is 26.8. The molecule has 8 nitrogen and oxygen atoms in total. The van der Waals surface area contributed by atoms with Crippen molar-refractivity contribution in [3.8, 4) is 0 Å². The molecule has 110 valence electrons. The number of aromatic amines is 1. The van der Waals surface area contributed by atoms with Gasteiger partial charge in [0.25, 0.3) is 5.56 Å². The Kier molecular flexibility index (Phi) is 4.71. The number of nitrogens with zero attached hydrogens (tertiary/aromatic N) is 1. The second kappa shape index (κ2) is 6.15. The van der Waals surface area contributed by atoms with Crippen LogP contribution in [0.4, 0.5) is 4.39 Å². The molecule has 4 atom stereocenters. The van der Waals surface area contributed by atoms with Crippen LogP contribution in [0.2, 0.25) is 0 Å². The predicted octanol–water partition coefficient (Wildman–Crippen LogP) is -0.0721. The van der Waals surface area contributed by atoms with Crippen molar-refractivity contribution in [2.24, 2.45) is 0 Å². The smallest absolute Gasteiger partial charge is 0.390 e. The summed E-state index contributed by atoms with van der Waals surface area (Å²) in [4.78, 5) is 24.3. The Morgan fingerprint density at radius 3 is 3.00 bits per heavy atom. The Labute approximate surface area is 117 Å². The monoisotopic (exact) mass is 325 g/mol. The summed E-state index contributed by atoms with van der Waals surface area (Å²) in [5, 5.41) is 9.74. The molecule has 11 heteroatoms. The number of rotatable bonds is 4. The van der Waals surface area contributed by atoms with Crippen LogP contribution < -0.4 is 11.2 Å². The van der Waals surface area contributed by atoms with Gasteiger partial charge in [0, 0.05) is 6.42 Å². The van der Waals surface area contributed by atoms with Gasteiger partial charge in [-0.15, -0.1) is 4.52 Å². The molecule has 1 aliphatic rings. The summed E-state index contributed by atoms with van der Waals surface area (Å²) < 4.78 is 34.7. The maximum atomic E-state index is 13.2. The van der Waals surface area contributed by atoms with Gasteiger partial charge in [-0.05, 0) is 4.57 Å². The molecule has 1 aromatic heterocycles. The number of aliphatic hydroxyl groups is 1. The number of halogens is 1. The van der Waals surface area contributed by atoms with E-state index in [2.05, 4.69) is 12.2 Å². The topological polar surface area (TPSA) is 111 Å². The molecule has 2 rings (SSSR count). The zero-order valence-corrected chi connectivity index (χ0v) is 11.7. The summed E-state index contributed by atoms with van der Waals surface area (Å²) in [5.41, 5.74) is -1.98. The van der Waals surface area contributed by atoms with E-state index in [1.165, 1.54) is 0 Å². The highest BCUT2D eigenvalue weighted by molar-refractivity contribution is 8.39. The molecule has 20 heavy (non-hydrogen) atoms. The molecule has 0 aliphatic carbocycles. The maximum absolute atomic E-state index is 13.2. The molecule has 0 amide bonds. The second-order valence-electron chi connectivity index (χ2n) is 4.11. The van der Waals surface area contributed by atoms with Crippen molar-refractivity contribution in [1.29, 1.82) is 0 Å².